The minimum Gasteiger partial charge on any atom is -0.476 e. The summed E-state index contributed by atoms with van der Waals surface area (Å²) in [5.41, 5.74) is 2.66. The number of hydrogen-bond acceptors (Lipinski definition) is 6. The Morgan fingerprint density at radius 2 is 2.35 bits per heavy atom. The van der Waals surface area contributed by atoms with Crippen molar-refractivity contribution >= 4 is 23.1 Å². The lowest BCUT2D eigenvalue weighted by molar-refractivity contribution is 0.0690. The van der Waals surface area contributed by atoms with Crippen LogP contribution in [0.1, 0.15) is 21.1 Å². The number of thiazole rings is 1. The molecule has 0 aliphatic heterocycles. The molecule has 0 aromatic carbocycles. The smallest absolute Gasteiger partial charge is 0.356 e. The third kappa shape index (κ3) is 2.76. The average Bonchev–Trinajstić information content (AvgIpc) is 2.72. The second kappa shape index (κ2) is 4.88. The van der Waals surface area contributed by atoms with E-state index in [1.54, 1.807) is 16.8 Å². The molecule has 2 heterocycles. The predicted molar refractivity (Wildman–Crippen MR) is 63.2 cm³/mol. The average molecular weight is 250 g/mol. The number of aromatic nitrogens is 3. The van der Waals surface area contributed by atoms with Gasteiger partial charge in [-0.1, -0.05) is 0 Å². The molecule has 0 amide bonds. The maximum Gasteiger partial charge on any atom is 0.356 e. The number of anilines is 1. The quantitative estimate of drug-likeness (QED) is 0.856. The molecule has 0 spiro atoms. The molecule has 0 atom stereocenters. The Labute approximate surface area is 101 Å². The first-order chi connectivity index (χ1) is 8.16. The van der Waals surface area contributed by atoms with E-state index in [1.165, 1.54) is 12.4 Å². The SMILES string of the molecule is Cc1ncsc1CNc1cncc(C(=O)O)n1. The largest absolute Gasteiger partial charge is 0.476 e. The number of nitrogens with one attached hydrogen (secondary N) is 1. The van der Waals surface area contributed by atoms with Crippen LogP contribution in [0.5, 0.6) is 0 Å². The van der Waals surface area contributed by atoms with Crippen molar-refractivity contribution in [3.63, 3.8) is 0 Å². The van der Waals surface area contributed by atoms with E-state index < -0.39 is 5.97 Å². The normalized spacial score (nSPS) is 10.2. The topological polar surface area (TPSA) is 88.0 Å². The van der Waals surface area contributed by atoms with Gasteiger partial charge in [0.05, 0.1) is 30.1 Å². The van der Waals surface area contributed by atoms with Crippen LogP contribution in [-0.4, -0.2) is 26.0 Å². The summed E-state index contributed by atoms with van der Waals surface area (Å²) in [5, 5.41) is 11.8. The molecule has 0 radical (unpaired) electrons. The molecule has 2 aromatic heterocycles. The fourth-order valence-corrected chi connectivity index (χ4v) is 1.94. The molecular formula is C10H10N4O2S. The van der Waals surface area contributed by atoms with Crippen LogP contribution in [0.4, 0.5) is 5.82 Å². The van der Waals surface area contributed by atoms with Crippen LogP contribution in [0.25, 0.3) is 0 Å². The summed E-state index contributed by atoms with van der Waals surface area (Å²) < 4.78 is 0. The van der Waals surface area contributed by atoms with E-state index in [-0.39, 0.29) is 5.69 Å². The van der Waals surface area contributed by atoms with Crippen LogP contribution in [0, 0.1) is 6.92 Å². The Balaban J connectivity index is 2.07. The van der Waals surface area contributed by atoms with E-state index in [0.717, 1.165) is 10.6 Å². The third-order valence-corrected chi connectivity index (χ3v) is 3.06. The summed E-state index contributed by atoms with van der Waals surface area (Å²) >= 11 is 1.54. The number of aromatic carboxylic acids is 1. The summed E-state index contributed by atoms with van der Waals surface area (Å²) in [6, 6.07) is 0. The first-order valence-corrected chi connectivity index (χ1v) is 5.73. The Hall–Kier alpha value is -2.02. The van der Waals surface area contributed by atoms with Crippen LogP contribution >= 0.6 is 11.3 Å². The second-order valence-corrected chi connectivity index (χ2v) is 4.25. The van der Waals surface area contributed by atoms with E-state index in [9.17, 15) is 4.79 Å². The summed E-state index contributed by atoms with van der Waals surface area (Å²) in [6.07, 6.45) is 2.70. The van der Waals surface area contributed by atoms with Gasteiger partial charge in [-0.3, -0.25) is 4.98 Å². The summed E-state index contributed by atoms with van der Waals surface area (Å²) in [7, 11) is 0. The third-order valence-electron chi connectivity index (χ3n) is 2.13. The molecule has 0 fully saturated rings. The Morgan fingerprint density at radius 1 is 1.53 bits per heavy atom. The molecule has 2 rings (SSSR count). The summed E-state index contributed by atoms with van der Waals surface area (Å²) in [6.45, 7) is 2.49. The van der Waals surface area contributed by atoms with E-state index in [4.69, 9.17) is 5.11 Å². The predicted octanol–water partition coefficient (Wildman–Crippen LogP) is 1.55. The highest BCUT2D eigenvalue weighted by Gasteiger charge is 2.06. The fraction of sp³-hybridized carbons (Fsp3) is 0.200. The van der Waals surface area contributed by atoms with Gasteiger partial charge in [-0.2, -0.15) is 0 Å². The lowest BCUT2D eigenvalue weighted by Crippen LogP contribution is -2.06. The van der Waals surface area contributed by atoms with E-state index in [0.29, 0.717) is 12.4 Å². The van der Waals surface area contributed by atoms with E-state index in [2.05, 4.69) is 20.3 Å². The number of hydrogen-bond donors (Lipinski definition) is 2. The molecule has 0 bridgehead atoms. The number of carboxylic acids is 1. The lowest BCUT2D eigenvalue weighted by Gasteiger charge is -2.04. The van der Waals surface area contributed by atoms with Crippen LogP contribution in [0.3, 0.4) is 0 Å². The van der Waals surface area contributed by atoms with Crippen LogP contribution in [-0.2, 0) is 6.54 Å². The first kappa shape index (κ1) is 11.5. The molecule has 0 saturated carbocycles. The Kier molecular flexibility index (Phi) is 3.29. The van der Waals surface area contributed by atoms with Gasteiger partial charge in [0, 0.05) is 4.88 Å². The van der Waals surface area contributed by atoms with Gasteiger partial charge >= 0.3 is 5.97 Å². The highest BCUT2D eigenvalue weighted by Crippen LogP contribution is 2.13. The standard InChI is InChI=1S/C10H10N4O2S/c1-6-8(17-5-13-6)3-12-9-4-11-2-7(14-9)10(15)16/h2,4-5H,3H2,1H3,(H,12,14)(H,15,16). The molecule has 6 nitrogen and oxygen atoms in total. The van der Waals surface area contributed by atoms with Crippen LogP contribution in [0.2, 0.25) is 0 Å². The molecule has 0 aliphatic rings. The number of nitrogens with zero attached hydrogens (tertiary/aromatic N) is 3. The van der Waals surface area contributed by atoms with Gasteiger partial charge in [0.2, 0.25) is 0 Å². The van der Waals surface area contributed by atoms with Gasteiger partial charge in [-0.25, -0.2) is 14.8 Å². The molecule has 0 saturated heterocycles. The van der Waals surface area contributed by atoms with E-state index in [1.807, 2.05) is 6.92 Å². The monoisotopic (exact) mass is 250 g/mol. The van der Waals surface area contributed by atoms with Gasteiger partial charge in [0.25, 0.3) is 0 Å². The highest BCUT2D eigenvalue weighted by molar-refractivity contribution is 7.09. The van der Waals surface area contributed by atoms with Crippen molar-refractivity contribution in [3.8, 4) is 0 Å². The molecule has 7 heteroatoms. The van der Waals surface area contributed by atoms with E-state index >= 15 is 0 Å². The van der Waals surface area contributed by atoms with Gasteiger partial charge in [0.15, 0.2) is 5.69 Å². The first-order valence-electron chi connectivity index (χ1n) is 4.85. The van der Waals surface area contributed by atoms with Crippen molar-refractivity contribution < 1.29 is 9.90 Å². The number of rotatable bonds is 4. The minimum atomic E-state index is -1.09. The van der Waals surface area contributed by atoms with Crippen LogP contribution < -0.4 is 5.32 Å². The maximum atomic E-state index is 10.7. The van der Waals surface area contributed by atoms with Gasteiger partial charge in [0.1, 0.15) is 5.82 Å². The van der Waals surface area contributed by atoms with Crippen molar-refractivity contribution in [1.82, 2.24) is 15.0 Å². The Bertz CT molecular complexity index is 541. The molecule has 17 heavy (non-hydrogen) atoms. The van der Waals surface area contributed by atoms with Gasteiger partial charge in [-0.05, 0) is 6.92 Å². The lowest BCUT2D eigenvalue weighted by atomic mass is 10.4. The zero-order valence-corrected chi connectivity index (χ0v) is 9.86. The van der Waals surface area contributed by atoms with Gasteiger partial charge in [-0.15, -0.1) is 11.3 Å². The van der Waals surface area contributed by atoms with Crippen molar-refractivity contribution in [2.75, 3.05) is 5.32 Å². The fourth-order valence-electron chi connectivity index (χ4n) is 1.22. The van der Waals surface area contributed by atoms with Crippen molar-refractivity contribution in [1.29, 1.82) is 0 Å². The maximum absolute atomic E-state index is 10.7. The molecule has 2 aromatic rings. The van der Waals surface area contributed by atoms with Crippen molar-refractivity contribution in [2.45, 2.75) is 13.5 Å². The molecule has 0 aliphatic carbocycles. The summed E-state index contributed by atoms with van der Waals surface area (Å²) in [4.78, 5) is 23.6. The summed E-state index contributed by atoms with van der Waals surface area (Å²) in [5.74, 6) is -0.646. The second-order valence-electron chi connectivity index (χ2n) is 3.31. The zero-order chi connectivity index (χ0) is 12.3. The van der Waals surface area contributed by atoms with Crippen molar-refractivity contribution in [2.24, 2.45) is 0 Å². The number of carbonyl (C=O) groups is 1. The molecule has 0 unspecified atom stereocenters. The number of carboxylic acid groups (broad SMARTS) is 1. The minimum absolute atomic E-state index is 0.0731. The molecule has 88 valence electrons. The number of aryl methyl sites for hydroxylation is 1. The Morgan fingerprint density at radius 3 is 3.00 bits per heavy atom. The van der Waals surface area contributed by atoms with Crippen LogP contribution in [0.15, 0.2) is 17.9 Å². The molecule has 2 N–H and O–H groups in total. The van der Waals surface area contributed by atoms with Gasteiger partial charge < -0.3 is 10.4 Å². The van der Waals surface area contributed by atoms with Crippen molar-refractivity contribution in [3.05, 3.63) is 34.2 Å². The zero-order valence-electron chi connectivity index (χ0n) is 9.04. The highest BCUT2D eigenvalue weighted by atomic mass is 32.1. The molecular weight excluding hydrogens is 240 g/mol.